The van der Waals surface area contributed by atoms with Crippen LogP contribution in [0.5, 0.6) is 0 Å². The number of carbonyl (C=O) groups is 1. The van der Waals surface area contributed by atoms with E-state index in [1.807, 2.05) is 13.8 Å². The van der Waals surface area contributed by atoms with Crippen LogP contribution in [0.1, 0.15) is 24.2 Å². The number of rotatable bonds is 3. The van der Waals surface area contributed by atoms with Gasteiger partial charge in [-0.3, -0.25) is 9.78 Å². The van der Waals surface area contributed by atoms with Crippen LogP contribution in [-0.2, 0) is 9.47 Å². The Labute approximate surface area is 104 Å². The fraction of sp³-hybridized carbons (Fsp3) is 0.500. The highest BCUT2D eigenvalue weighted by Gasteiger charge is 2.32. The van der Waals surface area contributed by atoms with Gasteiger partial charge in [0.05, 0.1) is 18.4 Å². The van der Waals surface area contributed by atoms with Crippen molar-refractivity contribution in [1.82, 2.24) is 10.3 Å². The quantitative estimate of drug-likeness (QED) is 0.877. The number of carbonyl (C=O) groups excluding carboxylic acids is 1. The molecule has 1 N–H and O–H groups in total. The lowest BCUT2D eigenvalue weighted by molar-refractivity contribution is -0.137. The molecule has 1 aromatic heterocycles. The van der Waals surface area contributed by atoms with Crippen molar-refractivity contribution in [2.45, 2.75) is 25.7 Å². The van der Waals surface area contributed by atoms with Crippen LogP contribution >= 0.6 is 0 Å². The number of amides is 1. The molecule has 1 saturated heterocycles. The van der Waals surface area contributed by atoms with Crippen molar-refractivity contribution in [1.29, 1.82) is 0 Å². The number of hydrogen-bond acceptors (Lipinski definition) is 4. The fourth-order valence-corrected chi connectivity index (χ4v) is 1.71. The molecule has 1 amide bonds. The first kappa shape index (κ1) is 12.9. The van der Waals surface area contributed by atoms with E-state index in [0.717, 1.165) is 12.3 Å². The Morgan fingerprint density at radius 1 is 1.61 bits per heavy atom. The molecule has 2 rings (SSSR count). The molecule has 98 valence electrons. The number of aromatic nitrogens is 1. The number of ether oxygens (including phenoxy) is 2. The molecule has 1 unspecified atom stereocenters. The van der Waals surface area contributed by atoms with Gasteiger partial charge in [-0.25, -0.2) is 4.39 Å². The van der Waals surface area contributed by atoms with E-state index in [1.165, 1.54) is 6.20 Å². The highest BCUT2D eigenvalue weighted by molar-refractivity contribution is 5.93. The Hall–Kier alpha value is -1.53. The smallest absolute Gasteiger partial charge is 0.253 e. The van der Waals surface area contributed by atoms with Gasteiger partial charge in [-0.2, -0.15) is 0 Å². The number of pyridine rings is 1. The third-order valence-electron chi connectivity index (χ3n) is 2.52. The van der Waals surface area contributed by atoms with Crippen molar-refractivity contribution in [3.05, 3.63) is 29.8 Å². The van der Waals surface area contributed by atoms with Gasteiger partial charge in [-0.15, -0.1) is 0 Å². The zero-order valence-corrected chi connectivity index (χ0v) is 10.3. The zero-order valence-electron chi connectivity index (χ0n) is 10.3. The topological polar surface area (TPSA) is 60.5 Å². The van der Waals surface area contributed by atoms with E-state index in [1.54, 1.807) is 0 Å². The Bertz CT molecular complexity index is 451. The van der Waals surface area contributed by atoms with E-state index in [0.29, 0.717) is 13.2 Å². The van der Waals surface area contributed by atoms with Crippen molar-refractivity contribution < 1.29 is 18.7 Å². The van der Waals surface area contributed by atoms with Crippen LogP contribution in [-0.4, -0.2) is 35.9 Å². The largest absolute Gasteiger partial charge is 0.349 e. The Kier molecular flexibility index (Phi) is 3.58. The molecular formula is C12H15FN2O3. The summed E-state index contributed by atoms with van der Waals surface area (Å²) < 4.78 is 23.8. The lowest BCUT2D eigenvalue weighted by atomic mass is 10.2. The average molecular weight is 254 g/mol. The van der Waals surface area contributed by atoms with Crippen LogP contribution < -0.4 is 5.32 Å². The molecule has 0 radical (unpaired) electrons. The highest BCUT2D eigenvalue weighted by atomic mass is 19.1. The second kappa shape index (κ2) is 4.99. The predicted octanol–water partition coefficient (Wildman–Crippen LogP) is 1.10. The lowest BCUT2D eigenvalue weighted by Crippen LogP contribution is -2.34. The zero-order chi connectivity index (χ0) is 13.2. The first-order valence-electron chi connectivity index (χ1n) is 5.67. The van der Waals surface area contributed by atoms with Gasteiger partial charge in [0, 0.05) is 12.7 Å². The summed E-state index contributed by atoms with van der Waals surface area (Å²) in [5.41, 5.74) is 0.188. The summed E-state index contributed by atoms with van der Waals surface area (Å²) in [5, 5.41) is 2.66. The summed E-state index contributed by atoms with van der Waals surface area (Å²) in [5.74, 6) is -1.53. The second-order valence-electron chi connectivity index (χ2n) is 4.55. The Morgan fingerprint density at radius 2 is 2.39 bits per heavy atom. The van der Waals surface area contributed by atoms with Crippen molar-refractivity contribution in [3.8, 4) is 0 Å². The number of halogens is 1. The lowest BCUT2D eigenvalue weighted by Gasteiger charge is -2.17. The maximum absolute atomic E-state index is 12.9. The molecule has 0 aliphatic carbocycles. The normalized spacial score (nSPS) is 21.8. The van der Waals surface area contributed by atoms with Crippen LogP contribution in [0.25, 0.3) is 0 Å². The van der Waals surface area contributed by atoms with Crippen molar-refractivity contribution >= 4 is 5.91 Å². The summed E-state index contributed by atoms with van der Waals surface area (Å²) in [6, 6.07) is 1.14. The van der Waals surface area contributed by atoms with Gasteiger partial charge in [0.25, 0.3) is 5.91 Å². The SMILES string of the molecule is CC1(C)OCC(CNC(=O)c2cncc(F)c2)O1. The molecular weight excluding hydrogens is 239 g/mol. The average Bonchev–Trinajstić information content (AvgIpc) is 2.66. The van der Waals surface area contributed by atoms with E-state index in [4.69, 9.17) is 9.47 Å². The molecule has 0 saturated carbocycles. The second-order valence-corrected chi connectivity index (χ2v) is 4.55. The minimum absolute atomic E-state index is 0.188. The molecule has 1 aliphatic heterocycles. The van der Waals surface area contributed by atoms with E-state index in [9.17, 15) is 9.18 Å². The number of nitrogens with zero attached hydrogens (tertiary/aromatic N) is 1. The van der Waals surface area contributed by atoms with Crippen LogP contribution in [0.15, 0.2) is 18.5 Å². The van der Waals surface area contributed by atoms with Gasteiger partial charge in [0.15, 0.2) is 5.79 Å². The van der Waals surface area contributed by atoms with Crippen LogP contribution in [0, 0.1) is 5.82 Å². The third kappa shape index (κ3) is 3.24. The molecule has 0 bridgehead atoms. The Morgan fingerprint density at radius 3 is 3.00 bits per heavy atom. The first-order valence-corrected chi connectivity index (χ1v) is 5.67. The van der Waals surface area contributed by atoms with Gasteiger partial charge >= 0.3 is 0 Å². The maximum atomic E-state index is 12.9. The van der Waals surface area contributed by atoms with Crippen LogP contribution in [0.2, 0.25) is 0 Å². The summed E-state index contributed by atoms with van der Waals surface area (Å²) in [7, 11) is 0. The van der Waals surface area contributed by atoms with Crippen LogP contribution in [0.4, 0.5) is 4.39 Å². The summed E-state index contributed by atoms with van der Waals surface area (Å²) in [4.78, 5) is 15.3. The first-order chi connectivity index (χ1) is 8.46. The molecule has 1 aromatic rings. The van der Waals surface area contributed by atoms with Gasteiger partial charge in [0.2, 0.25) is 0 Å². The minimum Gasteiger partial charge on any atom is -0.349 e. The van der Waals surface area contributed by atoms with Crippen LogP contribution in [0.3, 0.4) is 0 Å². The number of nitrogens with one attached hydrogen (secondary N) is 1. The molecule has 1 fully saturated rings. The molecule has 1 atom stereocenters. The van der Waals surface area contributed by atoms with E-state index in [-0.39, 0.29) is 17.6 Å². The molecule has 6 heteroatoms. The predicted molar refractivity (Wildman–Crippen MR) is 61.4 cm³/mol. The molecule has 1 aliphatic rings. The fourth-order valence-electron chi connectivity index (χ4n) is 1.71. The van der Waals surface area contributed by atoms with Crippen molar-refractivity contribution in [2.75, 3.05) is 13.2 Å². The van der Waals surface area contributed by atoms with Crippen molar-refractivity contribution in [2.24, 2.45) is 0 Å². The van der Waals surface area contributed by atoms with E-state index >= 15 is 0 Å². The monoisotopic (exact) mass is 254 g/mol. The van der Waals surface area contributed by atoms with Gasteiger partial charge < -0.3 is 14.8 Å². The highest BCUT2D eigenvalue weighted by Crippen LogP contribution is 2.21. The summed E-state index contributed by atoms with van der Waals surface area (Å²) in [6.07, 6.45) is 2.17. The summed E-state index contributed by atoms with van der Waals surface area (Å²) >= 11 is 0. The number of hydrogen-bond donors (Lipinski definition) is 1. The minimum atomic E-state index is -0.615. The molecule has 2 heterocycles. The molecule has 18 heavy (non-hydrogen) atoms. The molecule has 0 spiro atoms. The van der Waals surface area contributed by atoms with Gasteiger partial charge in [0.1, 0.15) is 11.9 Å². The van der Waals surface area contributed by atoms with E-state index < -0.39 is 11.6 Å². The third-order valence-corrected chi connectivity index (χ3v) is 2.52. The Balaban J connectivity index is 1.86. The standard InChI is InChI=1S/C12H15FN2O3/c1-12(2)17-7-10(18-12)6-15-11(16)8-3-9(13)5-14-4-8/h3-5,10H,6-7H2,1-2H3,(H,15,16). The van der Waals surface area contributed by atoms with E-state index in [2.05, 4.69) is 10.3 Å². The van der Waals surface area contributed by atoms with Gasteiger partial charge in [-0.05, 0) is 19.9 Å². The maximum Gasteiger partial charge on any atom is 0.253 e. The van der Waals surface area contributed by atoms with Gasteiger partial charge in [-0.1, -0.05) is 0 Å². The summed E-state index contributed by atoms with van der Waals surface area (Å²) in [6.45, 7) is 4.37. The van der Waals surface area contributed by atoms with Crippen molar-refractivity contribution in [3.63, 3.8) is 0 Å². The molecule has 5 nitrogen and oxygen atoms in total. The molecule has 0 aromatic carbocycles.